The molecule has 0 aliphatic heterocycles. The zero-order valence-electron chi connectivity index (χ0n) is 14.5. The summed E-state index contributed by atoms with van der Waals surface area (Å²) in [6.45, 7) is 8.67. The molecule has 0 aliphatic carbocycles. The van der Waals surface area contributed by atoms with Gasteiger partial charge in [0, 0.05) is 16.6 Å². The second-order valence-corrected chi connectivity index (χ2v) is 7.95. The SMILES string of the molecule is Cc1ncc(CNC(=O)CNC(=O)c2ccc(C(C)(C)C)cc2)s1. The number of amides is 2. The van der Waals surface area contributed by atoms with E-state index < -0.39 is 0 Å². The van der Waals surface area contributed by atoms with Gasteiger partial charge in [0.15, 0.2) is 0 Å². The smallest absolute Gasteiger partial charge is 0.251 e. The van der Waals surface area contributed by atoms with Gasteiger partial charge in [0.1, 0.15) is 0 Å². The number of benzene rings is 1. The molecule has 0 spiro atoms. The Labute approximate surface area is 146 Å². The molecule has 128 valence electrons. The number of aromatic nitrogens is 1. The van der Waals surface area contributed by atoms with Crippen LogP contribution in [-0.4, -0.2) is 23.3 Å². The van der Waals surface area contributed by atoms with Crippen LogP contribution in [0.1, 0.15) is 46.6 Å². The summed E-state index contributed by atoms with van der Waals surface area (Å²) in [5.74, 6) is -0.472. The van der Waals surface area contributed by atoms with Gasteiger partial charge in [0.2, 0.25) is 5.91 Å². The molecule has 0 unspecified atom stereocenters. The fourth-order valence-corrected chi connectivity index (χ4v) is 2.85. The minimum atomic E-state index is -0.251. The second-order valence-electron chi connectivity index (χ2n) is 6.63. The van der Waals surface area contributed by atoms with Crippen molar-refractivity contribution in [3.8, 4) is 0 Å². The molecule has 0 aliphatic rings. The first-order valence-electron chi connectivity index (χ1n) is 7.82. The molecular weight excluding hydrogens is 322 g/mol. The Morgan fingerprint density at radius 1 is 1.12 bits per heavy atom. The van der Waals surface area contributed by atoms with E-state index >= 15 is 0 Å². The Bertz CT molecular complexity index is 715. The lowest BCUT2D eigenvalue weighted by Gasteiger charge is -2.19. The predicted octanol–water partition coefficient (Wildman–Crippen LogP) is 2.80. The first-order chi connectivity index (χ1) is 11.3. The van der Waals surface area contributed by atoms with Gasteiger partial charge < -0.3 is 10.6 Å². The van der Waals surface area contributed by atoms with Gasteiger partial charge in [-0.3, -0.25) is 9.59 Å². The first-order valence-corrected chi connectivity index (χ1v) is 8.64. The molecule has 1 heterocycles. The lowest BCUT2D eigenvalue weighted by molar-refractivity contribution is -0.120. The Morgan fingerprint density at radius 3 is 2.33 bits per heavy atom. The van der Waals surface area contributed by atoms with Crippen LogP contribution in [0.15, 0.2) is 30.5 Å². The molecule has 2 aromatic rings. The summed E-state index contributed by atoms with van der Waals surface area (Å²) in [6.07, 6.45) is 1.75. The van der Waals surface area contributed by atoms with E-state index in [1.54, 1.807) is 29.7 Å². The number of thiazole rings is 1. The quantitative estimate of drug-likeness (QED) is 0.875. The van der Waals surface area contributed by atoms with E-state index in [4.69, 9.17) is 0 Å². The first kappa shape index (κ1) is 18.1. The minimum absolute atomic E-state index is 0.0440. The standard InChI is InChI=1S/C18H23N3O2S/c1-12-19-9-15(24-12)10-20-16(22)11-21-17(23)13-5-7-14(8-6-13)18(2,3)4/h5-9H,10-11H2,1-4H3,(H,20,22)(H,21,23). The van der Waals surface area contributed by atoms with Crippen LogP contribution in [0.3, 0.4) is 0 Å². The number of rotatable bonds is 5. The van der Waals surface area contributed by atoms with Gasteiger partial charge in [-0.2, -0.15) is 0 Å². The summed E-state index contributed by atoms with van der Waals surface area (Å²) in [5, 5.41) is 6.36. The summed E-state index contributed by atoms with van der Waals surface area (Å²) in [7, 11) is 0. The Kier molecular flexibility index (Phi) is 5.72. The van der Waals surface area contributed by atoms with E-state index in [0.717, 1.165) is 15.4 Å². The minimum Gasteiger partial charge on any atom is -0.350 e. The highest BCUT2D eigenvalue weighted by molar-refractivity contribution is 7.11. The summed E-state index contributed by atoms with van der Waals surface area (Å²) in [5.41, 5.74) is 1.76. The van der Waals surface area contributed by atoms with E-state index in [0.29, 0.717) is 12.1 Å². The molecule has 0 radical (unpaired) electrons. The molecule has 0 atom stereocenters. The average molecular weight is 345 g/mol. The van der Waals surface area contributed by atoms with Crippen molar-refractivity contribution in [2.24, 2.45) is 0 Å². The van der Waals surface area contributed by atoms with Crippen molar-refractivity contribution in [2.75, 3.05) is 6.54 Å². The second kappa shape index (κ2) is 7.57. The molecule has 1 aromatic heterocycles. The molecule has 2 amide bonds. The maximum Gasteiger partial charge on any atom is 0.251 e. The molecule has 2 N–H and O–H groups in total. The van der Waals surface area contributed by atoms with Crippen LogP contribution in [0.4, 0.5) is 0 Å². The maximum atomic E-state index is 12.1. The van der Waals surface area contributed by atoms with Crippen LogP contribution < -0.4 is 10.6 Å². The van der Waals surface area contributed by atoms with Crippen molar-refractivity contribution < 1.29 is 9.59 Å². The van der Waals surface area contributed by atoms with E-state index in [2.05, 4.69) is 36.4 Å². The Hall–Kier alpha value is -2.21. The topological polar surface area (TPSA) is 71.1 Å². The monoisotopic (exact) mass is 345 g/mol. The van der Waals surface area contributed by atoms with E-state index in [-0.39, 0.29) is 23.8 Å². The molecule has 1 aromatic carbocycles. The highest BCUT2D eigenvalue weighted by atomic mass is 32.1. The van der Waals surface area contributed by atoms with Crippen LogP contribution in [0.2, 0.25) is 0 Å². The molecule has 6 heteroatoms. The molecule has 0 saturated carbocycles. The molecular formula is C18H23N3O2S. The van der Waals surface area contributed by atoms with Crippen LogP contribution in [0.5, 0.6) is 0 Å². The third-order valence-electron chi connectivity index (χ3n) is 3.55. The Morgan fingerprint density at radius 2 is 1.79 bits per heavy atom. The number of carbonyl (C=O) groups excluding carboxylic acids is 2. The van der Waals surface area contributed by atoms with Gasteiger partial charge >= 0.3 is 0 Å². The van der Waals surface area contributed by atoms with Crippen molar-refractivity contribution in [1.82, 2.24) is 15.6 Å². The number of nitrogens with zero attached hydrogens (tertiary/aromatic N) is 1. The maximum absolute atomic E-state index is 12.1. The molecule has 0 fully saturated rings. The third-order valence-corrected chi connectivity index (χ3v) is 4.46. The Balaban J connectivity index is 1.80. The zero-order chi connectivity index (χ0) is 17.7. The number of hydrogen-bond donors (Lipinski definition) is 2. The van der Waals surface area contributed by atoms with Gasteiger partial charge in [-0.05, 0) is 30.0 Å². The molecule has 24 heavy (non-hydrogen) atoms. The van der Waals surface area contributed by atoms with E-state index in [9.17, 15) is 9.59 Å². The summed E-state index contributed by atoms with van der Waals surface area (Å²) in [4.78, 5) is 29.0. The molecule has 5 nitrogen and oxygen atoms in total. The van der Waals surface area contributed by atoms with E-state index in [1.807, 2.05) is 19.1 Å². The summed E-state index contributed by atoms with van der Waals surface area (Å²) >= 11 is 1.54. The van der Waals surface area contributed by atoms with Crippen LogP contribution in [-0.2, 0) is 16.8 Å². The normalized spacial score (nSPS) is 11.2. The van der Waals surface area contributed by atoms with Gasteiger partial charge in [-0.15, -0.1) is 11.3 Å². The third kappa shape index (κ3) is 5.16. The summed E-state index contributed by atoms with van der Waals surface area (Å²) < 4.78 is 0. The van der Waals surface area contributed by atoms with Gasteiger partial charge in [-0.25, -0.2) is 4.98 Å². The van der Waals surface area contributed by atoms with Crippen LogP contribution in [0, 0.1) is 6.92 Å². The number of aryl methyl sites for hydroxylation is 1. The highest BCUT2D eigenvalue weighted by Gasteiger charge is 2.14. The lowest BCUT2D eigenvalue weighted by Crippen LogP contribution is -2.36. The van der Waals surface area contributed by atoms with Crippen molar-refractivity contribution in [1.29, 1.82) is 0 Å². The van der Waals surface area contributed by atoms with Crippen molar-refractivity contribution in [3.05, 3.63) is 51.5 Å². The van der Waals surface area contributed by atoms with Crippen LogP contribution >= 0.6 is 11.3 Å². The van der Waals surface area contributed by atoms with Crippen molar-refractivity contribution >= 4 is 23.2 Å². The average Bonchev–Trinajstić information content (AvgIpc) is 2.95. The number of hydrogen-bond acceptors (Lipinski definition) is 4. The number of nitrogens with one attached hydrogen (secondary N) is 2. The predicted molar refractivity (Wildman–Crippen MR) is 96.2 cm³/mol. The van der Waals surface area contributed by atoms with Gasteiger partial charge in [-0.1, -0.05) is 32.9 Å². The van der Waals surface area contributed by atoms with Crippen LogP contribution in [0.25, 0.3) is 0 Å². The number of carbonyl (C=O) groups is 2. The van der Waals surface area contributed by atoms with Crippen molar-refractivity contribution in [2.45, 2.75) is 39.7 Å². The molecule has 0 bridgehead atoms. The van der Waals surface area contributed by atoms with Gasteiger partial charge in [0.05, 0.1) is 18.1 Å². The lowest BCUT2D eigenvalue weighted by atomic mass is 9.87. The van der Waals surface area contributed by atoms with Crippen molar-refractivity contribution in [3.63, 3.8) is 0 Å². The highest BCUT2D eigenvalue weighted by Crippen LogP contribution is 2.22. The van der Waals surface area contributed by atoms with Gasteiger partial charge in [0.25, 0.3) is 5.91 Å². The molecule has 0 saturated heterocycles. The zero-order valence-corrected chi connectivity index (χ0v) is 15.3. The fourth-order valence-electron chi connectivity index (χ4n) is 2.12. The van der Waals surface area contributed by atoms with E-state index in [1.165, 1.54) is 0 Å². The fraction of sp³-hybridized carbons (Fsp3) is 0.389. The summed E-state index contributed by atoms with van der Waals surface area (Å²) in [6, 6.07) is 7.46. The molecule has 2 rings (SSSR count). The largest absolute Gasteiger partial charge is 0.350 e.